The van der Waals surface area contributed by atoms with Crippen LogP contribution in [0.15, 0.2) is 12.1 Å². The molecule has 4 heteroatoms. The van der Waals surface area contributed by atoms with E-state index in [1.54, 1.807) is 7.05 Å². The Morgan fingerprint density at radius 1 is 1.14 bits per heavy atom. The fourth-order valence-electron chi connectivity index (χ4n) is 1.21. The first kappa shape index (κ1) is 11.0. The maximum Gasteiger partial charge on any atom is 0.194 e. The lowest BCUT2D eigenvalue weighted by molar-refractivity contribution is 0.440. The van der Waals surface area contributed by atoms with Crippen LogP contribution >= 0.6 is 0 Å². The van der Waals surface area contributed by atoms with E-state index in [0.29, 0.717) is 12.8 Å². The van der Waals surface area contributed by atoms with E-state index >= 15 is 0 Å². The number of rotatable bonds is 4. The number of halogens is 3. The van der Waals surface area contributed by atoms with Crippen LogP contribution in [0.3, 0.4) is 0 Å². The minimum atomic E-state index is -1.38. The highest BCUT2D eigenvalue weighted by Crippen LogP contribution is 2.16. The van der Waals surface area contributed by atoms with Crippen molar-refractivity contribution in [3.8, 4) is 0 Å². The van der Waals surface area contributed by atoms with Gasteiger partial charge >= 0.3 is 0 Å². The molecule has 78 valence electrons. The van der Waals surface area contributed by atoms with Gasteiger partial charge in [-0.1, -0.05) is 6.07 Å². The minimum absolute atomic E-state index is 0.221. The van der Waals surface area contributed by atoms with Crippen LogP contribution < -0.4 is 5.32 Å². The van der Waals surface area contributed by atoms with Gasteiger partial charge in [-0.05, 0) is 38.1 Å². The van der Waals surface area contributed by atoms with Gasteiger partial charge in [0.05, 0.1) is 0 Å². The van der Waals surface area contributed by atoms with E-state index in [0.717, 1.165) is 12.6 Å². The standard InChI is InChI=1S/C10H12F3N/c1-14-6-2-3-7-4-5-8(11)10(13)9(7)12/h4-5,14H,2-3,6H2,1H3. The molecule has 14 heavy (non-hydrogen) atoms. The minimum Gasteiger partial charge on any atom is -0.320 e. The second kappa shape index (κ2) is 5.00. The molecular formula is C10H12F3N. The van der Waals surface area contributed by atoms with Crippen molar-refractivity contribution in [2.24, 2.45) is 0 Å². The molecule has 0 unspecified atom stereocenters. The highest BCUT2D eigenvalue weighted by atomic mass is 19.2. The molecule has 0 spiro atoms. The van der Waals surface area contributed by atoms with E-state index in [1.807, 2.05) is 0 Å². The van der Waals surface area contributed by atoms with Crippen LogP contribution in [0.5, 0.6) is 0 Å². The third kappa shape index (κ3) is 2.48. The van der Waals surface area contributed by atoms with Crippen molar-refractivity contribution >= 4 is 0 Å². The van der Waals surface area contributed by atoms with Gasteiger partial charge in [-0.25, -0.2) is 13.2 Å². The van der Waals surface area contributed by atoms with Crippen LogP contribution in [-0.2, 0) is 6.42 Å². The summed E-state index contributed by atoms with van der Waals surface area (Å²) in [5, 5.41) is 2.89. The van der Waals surface area contributed by atoms with E-state index in [2.05, 4.69) is 5.32 Å². The van der Waals surface area contributed by atoms with Gasteiger partial charge in [-0.2, -0.15) is 0 Å². The molecule has 1 rings (SSSR count). The molecule has 0 fully saturated rings. The highest BCUT2D eigenvalue weighted by molar-refractivity contribution is 5.20. The van der Waals surface area contributed by atoms with Gasteiger partial charge in [0.25, 0.3) is 0 Å². The van der Waals surface area contributed by atoms with Gasteiger partial charge in [-0.3, -0.25) is 0 Å². The molecule has 0 atom stereocenters. The summed E-state index contributed by atoms with van der Waals surface area (Å²) < 4.78 is 38.3. The van der Waals surface area contributed by atoms with Gasteiger partial charge in [0.2, 0.25) is 0 Å². The topological polar surface area (TPSA) is 12.0 Å². The normalized spacial score (nSPS) is 10.6. The van der Waals surface area contributed by atoms with Crippen LogP contribution in [0.1, 0.15) is 12.0 Å². The van der Waals surface area contributed by atoms with Crippen LogP contribution in [0.4, 0.5) is 13.2 Å². The van der Waals surface area contributed by atoms with Gasteiger partial charge in [-0.15, -0.1) is 0 Å². The molecule has 0 aliphatic heterocycles. The third-order valence-corrected chi connectivity index (χ3v) is 1.99. The Balaban J connectivity index is 2.73. The molecule has 1 N–H and O–H groups in total. The van der Waals surface area contributed by atoms with Crippen molar-refractivity contribution in [2.45, 2.75) is 12.8 Å². The highest BCUT2D eigenvalue weighted by Gasteiger charge is 2.12. The number of hydrogen-bond acceptors (Lipinski definition) is 1. The fourth-order valence-corrected chi connectivity index (χ4v) is 1.21. The summed E-state index contributed by atoms with van der Waals surface area (Å²) in [5.74, 6) is -3.59. The van der Waals surface area contributed by atoms with E-state index in [4.69, 9.17) is 0 Å². The van der Waals surface area contributed by atoms with E-state index in [9.17, 15) is 13.2 Å². The number of hydrogen-bond donors (Lipinski definition) is 1. The summed E-state index contributed by atoms with van der Waals surface area (Å²) >= 11 is 0. The molecule has 1 aromatic rings. The lowest BCUT2D eigenvalue weighted by Crippen LogP contribution is -2.09. The molecule has 0 amide bonds. The molecule has 1 nitrogen and oxygen atoms in total. The largest absolute Gasteiger partial charge is 0.320 e. The Morgan fingerprint density at radius 2 is 1.86 bits per heavy atom. The van der Waals surface area contributed by atoms with E-state index in [-0.39, 0.29) is 5.56 Å². The monoisotopic (exact) mass is 203 g/mol. The van der Waals surface area contributed by atoms with Crippen molar-refractivity contribution in [3.05, 3.63) is 35.1 Å². The Kier molecular flexibility index (Phi) is 3.95. The molecule has 0 bridgehead atoms. The third-order valence-electron chi connectivity index (χ3n) is 1.99. The zero-order chi connectivity index (χ0) is 10.6. The predicted molar refractivity (Wildman–Crippen MR) is 48.6 cm³/mol. The molecule has 1 aromatic carbocycles. The molecule has 0 radical (unpaired) electrons. The quantitative estimate of drug-likeness (QED) is 0.584. The molecule has 0 aliphatic carbocycles. The molecule has 0 saturated carbocycles. The Labute approximate surface area is 80.9 Å². The van der Waals surface area contributed by atoms with Crippen molar-refractivity contribution in [3.63, 3.8) is 0 Å². The molecular weight excluding hydrogens is 191 g/mol. The smallest absolute Gasteiger partial charge is 0.194 e. The second-order valence-electron chi connectivity index (χ2n) is 3.04. The summed E-state index contributed by atoms with van der Waals surface area (Å²) in [6.45, 7) is 0.721. The van der Waals surface area contributed by atoms with Gasteiger partial charge in [0, 0.05) is 0 Å². The zero-order valence-corrected chi connectivity index (χ0v) is 7.91. The predicted octanol–water partition coefficient (Wildman–Crippen LogP) is 2.26. The first-order chi connectivity index (χ1) is 6.66. The van der Waals surface area contributed by atoms with Crippen LogP contribution in [0.25, 0.3) is 0 Å². The summed E-state index contributed by atoms with van der Waals surface area (Å²) in [6.07, 6.45) is 1.10. The Hall–Kier alpha value is -1.03. The second-order valence-corrected chi connectivity index (χ2v) is 3.04. The Bertz CT molecular complexity index is 312. The molecule has 0 aromatic heterocycles. The lowest BCUT2D eigenvalue weighted by atomic mass is 10.1. The van der Waals surface area contributed by atoms with Gasteiger partial charge in [0.15, 0.2) is 17.5 Å². The average molecular weight is 203 g/mol. The lowest BCUT2D eigenvalue weighted by Gasteiger charge is -2.04. The molecule has 0 saturated heterocycles. The van der Waals surface area contributed by atoms with E-state index in [1.165, 1.54) is 6.07 Å². The maximum absolute atomic E-state index is 13.1. The van der Waals surface area contributed by atoms with Crippen LogP contribution in [0, 0.1) is 17.5 Å². The summed E-state index contributed by atoms with van der Waals surface area (Å²) in [5.41, 5.74) is 0.221. The zero-order valence-electron chi connectivity index (χ0n) is 7.91. The number of nitrogens with one attached hydrogen (secondary N) is 1. The summed E-state index contributed by atoms with van der Waals surface area (Å²) in [6, 6.07) is 2.23. The van der Waals surface area contributed by atoms with Crippen molar-refractivity contribution in [1.82, 2.24) is 5.32 Å². The Morgan fingerprint density at radius 3 is 2.50 bits per heavy atom. The summed E-state index contributed by atoms with van der Waals surface area (Å²) in [4.78, 5) is 0. The first-order valence-corrected chi connectivity index (χ1v) is 4.43. The maximum atomic E-state index is 13.1. The summed E-state index contributed by atoms with van der Waals surface area (Å²) in [7, 11) is 1.78. The number of benzene rings is 1. The molecule has 0 aliphatic rings. The van der Waals surface area contributed by atoms with Crippen molar-refractivity contribution < 1.29 is 13.2 Å². The van der Waals surface area contributed by atoms with Crippen molar-refractivity contribution in [1.29, 1.82) is 0 Å². The number of aryl methyl sites for hydroxylation is 1. The van der Waals surface area contributed by atoms with Gasteiger partial charge < -0.3 is 5.32 Å². The first-order valence-electron chi connectivity index (χ1n) is 4.43. The average Bonchev–Trinajstić information content (AvgIpc) is 2.18. The van der Waals surface area contributed by atoms with Crippen molar-refractivity contribution in [2.75, 3.05) is 13.6 Å². The van der Waals surface area contributed by atoms with Crippen LogP contribution in [-0.4, -0.2) is 13.6 Å². The van der Waals surface area contributed by atoms with E-state index < -0.39 is 17.5 Å². The SMILES string of the molecule is CNCCCc1ccc(F)c(F)c1F. The van der Waals surface area contributed by atoms with Crippen LogP contribution in [0.2, 0.25) is 0 Å². The van der Waals surface area contributed by atoms with Gasteiger partial charge in [0.1, 0.15) is 0 Å². The molecule has 0 heterocycles. The fraction of sp³-hybridized carbons (Fsp3) is 0.400.